The molecular weight excluding hydrogens is 833 g/mol. The highest BCUT2D eigenvalue weighted by Gasteiger charge is 2.35. The molecule has 4 aromatic rings. The lowest BCUT2D eigenvalue weighted by Crippen LogP contribution is -2.34. The van der Waals surface area contributed by atoms with Crippen LogP contribution >= 0.6 is 0 Å². The molecule has 4 nitrogen and oxygen atoms in total. The first-order valence-corrected chi connectivity index (χ1v) is 24.8. The molecule has 346 valence electrons. The Hall–Kier alpha value is -6.62. The van der Waals surface area contributed by atoms with Crippen molar-refractivity contribution in [2.45, 2.75) is 78.7 Å². The van der Waals surface area contributed by atoms with Crippen molar-refractivity contribution in [1.82, 2.24) is 0 Å². The molecule has 0 spiro atoms. The van der Waals surface area contributed by atoms with E-state index in [0.717, 1.165) is 71.2 Å². The Balaban J connectivity index is 0.975. The van der Waals surface area contributed by atoms with Crippen LogP contribution in [0.3, 0.4) is 0 Å². The van der Waals surface area contributed by atoms with E-state index in [1.54, 1.807) is 0 Å². The monoisotopic (exact) mass is 898 g/mol. The van der Waals surface area contributed by atoms with Gasteiger partial charge in [0.2, 0.25) is 0 Å². The van der Waals surface area contributed by atoms with Crippen molar-refractivity contribution in [3.05, 3.63) is 225 Å². The molecule has 0 amide bonds. The molecule has 4 heteroatoms. The second kappa shape index (κ2) is 20.7. The Labute approximate surface area is 404 Å². The third-order valence-corrected chi connectivity index (χ3v) is 14.1. The van der Waals surface area contributed by atoms with Crippen LogP contribution in [-0.4, -0.2) is 29.5 Å². The molecule has 0 heterocycles. The Morgan fingerprint density at radius 3 is 2.28 bits per heavy atom. The van der Waals surface area contributed by atoms with E-state index in [0.29, 0.717) is 19.0 Å². The fourth-order valence-corrected chi connectivity index (χ4v) is 10.4. The van der Waals surface area contributed by atoms with E-state index in [2.05, 4.69) is 163 Å². The standard InChI is InChI=1S/C64H66O4/c1-7-8-9-10-22-45-33-32-44-21-11-14-25-50(44)61(45)57-37-48(41(2)3)35-55(63(57)65)53-28-17-19-30-59(53)67-39-43(6)40-68-60-31-20-18-29-54(60)56-36-49(42(4)5)38-58(64(56)66)62-51-26-15-12-23-46(51)34-47-24-13-16-27-52(47)62/h7,9-10,12-20,22-26,28-32,34-38,41-43,52,57,63,65-66H,1,8,11,21,27,33,39-40H2,2-6H3. The number of hydrogen-bond acceptors (Lipinski definition) is 4. The lowest BCUT2D eigenvalue weighted by atomic mass is 9.71. The normalized spacial score (nSPS) is 20.9. The molecule has 4 unspecified atom stereocenters. The number of benzene rings is 4. The van der Waals surface area contributed by atoms with Crippen LogP contribution in [0, 0.1) is 23.7 Å². The maximum absolute atomic E-state index is 12.6. The molecule has 4 aromatic carbocycles. The minimum absolute atomic E-state index is 0.0147. The van der Waals surface area contributed by atoms with Gasteiger partial charge < -0.3 is 19.7 Å². The summed E-state index contributed by atoms with van der Waals surface area (Å²) in [6.45, 7) is 15.7. The van der Waals surface area contributed by atoms with Gasteiger partial charge in [-0.3, -0.25) is 0 Å². The van der Waals surface area contributed by atoms with Crippen LogP contribution in [0.1, 0.15) is 89.3 Å². The lowest BCUT2D eigenvalue weighted by molar-refractivity contribution is 0.186. The van der Waals surface area contributed by atoms with E-state index < -0.39 is 6.10 Å². The van der Waals surface area contributed by atoms with Gasteiger partial charge in [-0.25, -0.2) is 0 Å². The average molecular weight is 899 g/mol. The zero-order chi connectivity index (χ0) is 47.3. The highest BCUT2D eigenvalue weighted by molar-refractivity contribution is 5.87. The number of phenols is 1. The number of aromatic hydroxyl groups is 1. The van der Waals surface area contributed by atoms with Crippen LogP contribution in [0.25, 0.3) is 28.3 Å². The van der Waals surface area contributed by atoms with Crippen LogP contribution in [-0.2, 0) is 0 Å². The van der Waals surface area contributed by atoms with E-state index in [9.17, 15) is 10.2 Å². The minimum Gasteiger partial charge on any atom is -0.507 e. The van der Waals surface area contributed by atoms with Crippen LogP contribution in [0.2, 0.25) is 0 Å². The zero-order valence-corrected chi connectivity index (χ0v) is 40.4. The van der Waals surface area contributed by atoms with Gasteiger partial charge in [0.15, 0.2) is 0 Å². The summed E-state index contributed by atoms with van der Waals surface area (Å²) in [5.74, 6) is 2.18. The van der Waals surface area contributed by atoms with Gasteiger partial charge in [-0.2, -0.15) is 0 Å². The first kappa shape index (κ1) is 46.5. The van der Waals surface area contributed by atoms with Crippen LogP contribution in [0.5, 0.6) is 17.2 Å². The number of ether oxygens (including phenoxy) is 2. The van der Waals surface area contributed by atoms with Gasteiger partial charge in [-0.15, -0.1) is 6.58 Å². The van der Waals surface area contributed by atoms with Crippen molar-refractivity contribution in [1.29, 1.82) is 0 Å². The molecular formula is C64H66O4. The van der Waals surface area contributed by atoms with Crippen molar-refractivity contribution >= 4 is 17.2 Å². The SMILES string of the molecule is C=CCC=CC=C1CC=C2CCC=CC2=C1C1C=C(C(C)C)C=C(c2ccccc2OCC(C)COc2ccccc2-c2cc(C(C)C)cc(C3=c4ccccc4=CC4=CC=CCC43)c2O)C1O. The van der Waals surface area contributed by atoms with Crippen molar-refractivity contribution in [2.24, 2.45) is 23.7 Å². The smallest absolute Gasteiger partial charge is 0.131 e. The maximum atomic E-state index is 12.6. The quantitative estimate of drug-likeness (QED) is 0.117. The summed E-state index contributed by atoms with van der Waals surface area (Å²) in [4.78, 5) is 0. The van der Waals surface area contributed by atoms with E-state index in [-0.39, 0.29) is 35.3 Å². The van der Waals surface area contributed by atoms with Crippen LogP contribution in [0.15, 0.2) is 198 Å². The predicted octanol–water partition coefficient (Wildman–Crippen LogP) is 13.8. The van der Waals surface area contributed by atoms with E-state index in [1.807, 2.05) is 42.5 Å². The summed E-state index contributed by atoms with van der Waals surface area (Å²) in [7, 11) is 0. The molecule has 0 bridgehead atoms. The van der Waals surface area contributed by atoms with Gasteiger partial charge in [0.25, 0.3) is 0 Å². The van der Waals surface area contributed by atoms with Crippen molar-refractivity contribution in [3.8, 4) is 28.4 Å². The van der Waals surface area contributed by atoms with Gasteiger partial charge in [0.05, 0.1) is 19.3 Å². The molecule has 2 N–H and O–H groups in total. The van der Waals surface area contributed by atoms with E-state index >= 15 is 0 Å². The third kappa shape index (κ3) is 9.58. The molecule has 4 atom stereocenters. The average Bonchev–Trinajstić information content (AvgIpc) is 3.36. The molecule has 5 aliphatic rings. The number of rotatable bonds is 15. The van der Waals surface area contributed by atoms with Gasteiger partial charge >= 0.3 is 0 Å². The molecule has 0 radical (unpaired) electrons. The highest BCUT2D eigenvalue weighted by Crippen LogP contribution is 2.48. The fraction of sp³-hybridized carbons (Fsp3) is 0.281. The molecule has 68 heavy (non-hydrogen) atoms. The molecule has 0 aliphatic heterocycles. The number of para-hydroxylation sites is 2. The predicted molar refractivity (Wildman–Crippen MR) is 283 cm³/mol. The van der Waals surface area contributed by atoms with Gasteiger partial charge in [0.1, 0.15) is 17.2 Å². The number of hydrogen-bond donors (Lipinski definition) is 2. The number of aliphatic hydroxyl groups is 1. The summed E-state index contributed by atoms with van der Waals surface area (Å²) in [5, 5.41) is 27.4. The summed E-state index contributed by atoms with van der Waals surface area (Å²) in [6, 6.07) is 29.1. The highest BCUT2D eigenvalue weighted by atomic mass is 16.5. The first-order chi connectivity index (χ1) is 33.1. The van der Waals surface area contributed by atoms with Gasteiger partial charge in [-0.1, -0.05) is 174 Å². The number of aliphatic hydroxyl groups excluding tert-OH is 1. The maximum Gasteiger partial charge on any atom is 0.131 e. The number of phenolic OH excluding ortho intramolecular Hbond substituents is 1. The summed E-state index contributed by atoms with van der Waals surface area (Å²) in [5.41, 5.74) is 14.2. The van der Waals surface area contributed by atoms with Gasteiger partial charge in [0, 0.05) is 40.0 Å². The zero-order valence-electron chi connectivity index (χ0n) is 40.4. The minimum atomic E-state index is -0.772. The molecule has 9 rings (SSSR count). The first-order valence-electron chi connectivity index (χ1n) is 24.8. The summed E-state index contributed by atoms with van der Waals surface area (Å²) >= 11 is 0. The third-order valence-electron chi connectivity index (χ3n) is 14.1. The van der Waals surface area contributed by atoms with Gasteiger partial charge in [-0.05, 0) is 129 Å². The fourth-order valence-electron chi connectivity index (χ4n) is 10.4. The molecule has 5 aliphatic carbocycles. The molecule has 0 saturated carbocycles. The number of allylic oxidation sites excluding steroid dienone is 16. The van der Waals surface area contributed by atoms with E-state index in [1.165, 1.54) is 49.4 Å². The molecule has 0 fully saturated rings. The Kier molecular flexibility index (Phi) is 14.2. The summed E-state index contributed by atoms with van der Waals surface area (Å²) in [6.07, 6.45) is 32.5. The Bertz CT molecular complexity index is 3010. The molecule has 0 aromatic heterocycles. The Morgan fingerprint density at radius 2 is 1.51 bits per heavy atom. The summed E-state index contributed by atoms with van der Waals surface area (Å²) < 4.78 is 13.4. The second-order valence-corrected chi connectivity index (χ2v) is 19.6. The van der Waals surface area contributed by atoms with E-state index in [4.69, 9.17) is 9.47 Å². The van der Waals surface area contributed by atoms with Crippen molar-refractivity contribution in [3.63, 3.8) is 0 Å². The van der Waals surface area contributed by atoms with Crippen LogP contribution in [0.4, 0.5) is 0 Å². The van der Waals surface area contributed by atoms with Crippen molar-refractivity contribution in [2.75, 3.05) is 13.2 Å². The lowest BCUT2D eigenvalue weighted by Gasteiger charge is -2.36. The Morgan fingerprint density at radius 1 is 0.794 bits per heavy atom. The van der Waals surface area contributed by atoms with Crippen LogP contribution < -0.4 is 19.9 Å². The topological polar surface area (TPSA) is 58.9 Å². The second-order valence-electron chi connectivity index (χ2n) is 19.6. The molecule has 0 saturated heterocycles. The number of fused-ring (bicyclic) bond motifs is 3. The largest absolute Gasteiger partial charge is 0.507 e. The van der Waals surface area contributed by atoms with Crippen molar-refractivity contribution < 1.29 is 19.7 Å².